The van der Waals surface area contributed by atoms with Crippen LogP contribution < -0.4 is 0 Å². The molecule has 3 rings (SSSR count). The Morgan fingerprint density at radius 3 is 1.11 bits per heavy atom. The number of aromatic nitrogens is 3. The Balaban J connectivity index is 0.000000202. The molecule has 0 aromatic carbocycles. The van der Waals surface area contributed by atoms with Crippen molar-refractivity contribution >= 4 is 45.6 Å². The van der Waals surface area contributed by atoms with Gasteiger partial charge in [-0.1, -0.05) is 53.1 Å². The molecule has 3 aromatic rings. The third kappa shape index (κ3) is 7.98. The first-order valence-electron chi connectivity index (χ1n) is 9.03. The molecule has 0 atom stereocenters. The van der Waals surface area contributed by atoms with E-state index in [0.29, 0.717) is 22.9 Å². The van der Waals surface area contributed by atoms with E-state index in [9.17, 15) is 0 Å². The zero-order valence-electron chi connectivity index (χ0n) is 17.4. The molecule has 0 aliphatic rings. The summed E-state index contributed by atoms with van der Waals surface area (Å²) in [5.74, 6) is 1.78. The molecule has 0 N–H and O–H groups in total. The summed E-state index contributed by atoms with van der Waals surface area (Å²) in [6, 6.07) is 0. The van der Waals surface area contributed by atoms with Crippen LogP contribution in [0.3, 0.4) is 0 Å². The lowest BCUT2D eigenvalue weighted by molar-refractivity contribution is 0.873. The molecule has 0 bridgehead atoms. The number of aryl methyl sites for hydroxylation is 2. The van der Waals surface area contributed by atoms with Crippen LogP contribution in [0, 0.1) is 13.8 Å². The molecule has 0 saturated heterocycles. The minimum absolute atomic E-state index is 0.505. The Hall–Kier alpha value is -0.820. The van der Waals surface area contributed by atoms with Gasteiger partial charge in [-0.25, -0.2) is 15.0 Å². The fourth-order valence-corrected chi connectivity index (χ4v) is 5.14. The standard InChI is InChI=1S/2C7H11NS.C6H8ClNS/c2*1-5(2)7-6(3)8-4-9-7;1-4(2)5-6(7)8-3-9-5/h2*4-5H,1-3H3;3-4H,1-2H3. The second kappa shape index (κ2) is 11.9. The third-order valence-corrected chi connectivity index (χ3v) is 7.69. The molecule has 7 heteroatoms. The Kier molecular flexibility index (Phi) is 10.7. The van der Waals surface area contributed by atoms with Gasteiger partial charge in [-0.15, -0.1) is 34.0 Å². The number of thiazole rings is 3. The van der Waals surface area contributed by atoms with Crippen molar-refractivity contribution in [1.29, 1.82) is 0 Å². The monoisotopic (exact) mass is 443 g/mol. The van der Waals surface area contributed by atoms with Crippen molar-refractivity contribution in [2.45, 2.75) is 73.1 Å². The highest BCUT2D eigenvalue weighted by atomic mass is 35.5. The molecule has 0 fully saturated rings. The molecule has 0 saturated carbocycles. The summed E-state index contributed by atoms with van der Waals surface area (Å²) >= 11 is 10.8. The van der Waals surface area contributed by atoms with Crippen LogP contribution in [0.15, 0.2) is 16.5 Å². The van der Waals surface area contributed by atoms with Crippen molar-refractivity contribution < 1.29 is 0 Å². The van der Waals surface area contributed by atoms with Crippen LogP contribution in [-0.2, 0) is 0 Å². The zero-order chi connectivity index (χ0) is 20.6. The Morgan fingerprint density at radius 2 is 0.963 bits per heavy atom. The van der Waals surface area contributed by atoms with E-state index < -0.39 is 0 Å². The van der Waals surface area contributed by atoms with Gasteiger partial charge in [-0.3, -0.25) is 0 Å². The van der Waals surface area contributed by atoms with Crippen LogP contribution in [0.2, 0.25) is 5.15 Å². The van der Waals surface area contributed by atoms with Crippen molar-refractivity contribution in [3.63, 3.8) is 0 Å². The molecule has 0 aliphatic carbocycles. The summed E-state index contributed by atoms with van der Waals surface area (Å²) in [6.07, 6.45) is 0. The van der Waals surface area contributed by atoms with Crippen LogP contribution in [0.5, 0.6) is 0 Å². The Bertz CT molecular complexity index is 683. The normalized spacial score (nSPS) is 10.7. The molecule has 0 unspecified atom stereocenters. The first-order chi connectivity index (χ1) is 12.6. The van der Waals surface area contributed by atoms with Gasteiger partial charge >= 0.3 is 0 Å². The summed E-state index contributed by atoms with van der Waals surface area (Å²) in [5, 5.41) is 0.662. The van der Waals surface area contributed by atoms with Crippen molar-refractivity contribution in [1.82, 2.24) is 15.0 Å². The Morgan fingerprint density at radius 1 is 0.630 bits per heavy atom. The van der Waals surface area contributed by atoms with Crippen LogP contribution in [0.1, 0.15) is 85.3 Å². The number of halogens is 1. The van der Waals surface area contributed by atoms with Gasteiger partial charge < -0.3 is 0 Å². The van der Waals surface area contributed by atoms with E-state index >= 15 is 0 Å². The maximum Gasteiger partial charge on any atom is 0.143 e. The third-order valence-electron chi connectivity index (χ3n) is 3.69. The van der Waals surface area contributed by atoms with Crippen LogP contribution in [0.4, 0.5) is 0 Å². The average Bonchev–Trinajstić information content (AvgIpc) is 3.29. The fourth-order valence-electron chi connectivity index (χ4n) is 2.35. The predicted molar refractivity (Wildman–Crippen MR) is 123 cm³/mol. The van der Waals surface area contributed by atoms with Crippen molar-refractivity contribution in [3.05, 3.63) is 47.7 Å². The molecular weight excluding hydrogens is 414 g/mol. The lowest BCUT2D eigenvalue weighted by Crippen LogP contribution is -1.84. The van der Waals surface area contributed by atoms with Crippen molar-refractivity contribution in [3.8, 4) is 0 Å². The van der Waals surface area contributed by atoms with Crippen LogP contribution in [0.25, 0.3) is 0 Å². The van der Waals surface area contributed by atoms with E-state index in [0.717, 1.165) is 0 Å². The van der Waals surface area contributed by atoms with E-state index in [1.807, 2.05) is 11.0 Å². The maximum atomic E-state index is 5.73. The summed E-state index contributed by atoms with van der Waals surface area (Å²) in [5.41, 5.74) is 7.97. The van der Waals surface area contributed by atoms with Crippen molar-refractivity contribution in [2.24, 2.45) is 0 Å². The van der Waals surface area contributed by atoms with E-state index in [1.165, 1.54) is 26.0 Å². The lowest BCUT2D eigenvalue weighted by Gasteiger charge is -1.98. The molecular formula is C20H30ClN3S3. The second-order valence-electron chi connectivity index (χ2n) is 7.08. The summed E-state index contributed by atoms with van der Waals surface area (Å²) in [4.78, 5) is 16.2. The summed E-state index contributed by atoms with van der Waals surface area (Å²) < 4.78 is 0. The lowest BCUT2D eigenvalue weighted by atomic mass is 10.1. The van der Waals surface area contributed by atoms with E-state index in [-0.39, 0.29) is 0 Å². The summed E-state index contributed by atoms with van der Waals surface area (Å²) in [6.45, 7) is 17.1. The van der Waals surface area contributed by atoms with E-state index in [2.05, 4.69) is 70.3 Å². The predicted octanol–water partition coefficient (Wildman–Crippen LogP) is 8.07. The SMILES string of the molecule is CC(C)c1scnc1Cl.Cc1ncsc1C(C)C.Cc1ncsc1C(C)C. The molecule has 3 nitrogen and oxygen atoms in total. The highest BCUT2D eigenvalue weighted by Crippen LogP contribution is 2.26. The van der Waals surface area contributed by atoms with Crippen LogP contribution >= 0.6 is 45.6 Å². The van der Waals surface area contributed by atoms with Crippen LogP contribution in [-0.4, -0.2) is 15.0 Å². The summed E-state index contributed by atoms with van der Waals surface area (Å²) in [7, 11) is 0. The number of rotatable bonds is 3. The highest BCUT2D eigenvalue weighted by molar-refractivity contribution is 7.10. The molecule has 150 valence electrons. The van der Waals surface area contributed by atoms with Gasteiger partial charge in [0.05, 0.1) is 27.9 Å². The first kappa shape index (κ1) is 24.2. The number of hydrogen-bond donors (Lipinski definition) is 0. The van der Waals surface area contributed by atoms with Gasteiger partial charge in [-0.05, 0) is 31.6 Å². The Labute approximate surface area is 180 Å². The van der Waals surface area contributed by atoms with Gasteiger partial charge in [0, 0.05) is 14.6 Å². The minimum atomic E-state index is 0.505. The maximum absolute atomic E-state index is 5.73. The van der Waals surface area contributed by atoms with Gasteiger partial charge in [-0.2, -0.15) is 0 Å². The molecule has 3 heterocycles. The average molecular weight is 444 g/mol. The van der Waals surface area contributed by atoms with Crippen molar-refractivity contribution in [2.75, 3.05) is 0 Å². The number of nitrogens with zero attached hydrogens (tertiary/aromatic N) is 3. The van der Waals surface area contributed by atoms with E-state index in [1.54, 1.807) is 39.5 Å². The zero-order valence-corrected chi connectivity index (χ0v) is 20.6. The molecule has 0 amide bonds. The van der Waals surface area contributed by atoms with Gasteiger partial charge in [0.15, 0.2) is 0 Å². The van der Waals surface area contributed by atoms with Gasteiger partial charge in [0.25, 0.3) is 0 Å². The van der Waals surface area contributed by atoms with E-state index in [4.69, 9.17) is 11.6 Å². The molecule has 0 radical (unpaired) electrons. The highest BCUT2D eigenvalue weighted by Gasteiger charge is 2.06. The fraction of sp³-hybridized carbons (Fsp3) is 0.550. The largest absolute Gasteiger partial charge is 0.250 e. The van der Waals surface area contributed by atoms with Gasteiger partial charge in [0.1, 0.15) is 5.15 Å². The molecule has 0 aliphatic heterocycles. The minimum Gasteiger partial charge on any atom is -0.250 e. The van der Waals surface area contributed by atoms with Gasteiger partial charge in [0.2, 0.25) is 0 Å². The molecule has 3 aromatic heterocycles. The molecule has 0 spiro atoms. The second-order valence-corrected chi connectivity index (χ2v) is 10.1. The number of hydrogen-bond acceptors (Lipinski definition) is 6. The topological polar surface area (TPSA) is 38.7 Å². The smallest absolute Gasteiger partial charge is 0.143 e. The first-order valence-corrected chi connectivity index (χ1v) is 12.1. The quantitative estimate of drug-likeness (QED) is 0.410. The molecule has 27 heavy (non-hydrogen) atoms.